The highest BCUT2D eigenvalue weighted by Crippen LogP contribution is 2.36. The number of anilines is 1. The van der Waals surface area contributed by atoms with Gasteiger partial charge in [0.25, 0.3) is 0 Å². The summed E-state index contributed by atoms with van der Waals surface area (Å²) in [6.45, 7) is 0.605. The molecule has 4 rings (SSSR count). The van der Waals surface area contributed by atoms with E-state index in [9.17, 15) is 4.79 Å². The van der Waals surface area contributed by atoms with Crippen molar-refractivity contribution in [1.82, 2.24) is 4.90 Å². The minimum atomic E-state index is -0.193. The lowest BCUT2D eigenvalue weighted by Crippen LogP contribution is -2.43. The summed E-state index contributed by atoms with van der Waals surface area (Å²) in [5.41, 5.74) is 4.50. The van der Waals surface area contributed by atoms with E-state index in [1.807, 2.05) is 41.3 Å². The van der Waals surface area contributed by atoms with Crippen LogP contribution < -0.4 is 5.32 Å². The Morgan fingerprint density at radius 3 is 2.64 bits per heavy atom. The van der Waals surface area contributed by atoms with Crippen LogP contribution in [0.15, 0.2) is 72.8 Å². The molecule has 0 fully saturated rings. The highest BCUT2D eigenvalue weighted by atomic mass is 35.5. The van der Waals surface area contributed by atoms with E-state index in [-0.39, 0.29) is 12.1 Å². The summed E-state index contributed by atoms with van der Waals surface area (Å²) in [7, 11) is 0. The zero-order valence-electron chi connectivity index (χ0n) is 15.1. The maximum absolute atomic E-state index is 13.1. The van der Waals surface area contributed by atoms with E-state index < -0.39 is 0 Å². The Balaban J connectivity index is 1.69. The number of benzene rings is 3. The molecule has 1 N–H and O–H groups in total. The quantitative estimate of drug-likeness (QED) is 0.640. The number of urea groups is 1. The molecule has 1 heterocycles. The third kappa shape index (κ3) is 3.58. The summed E-state index contributed by atoms with van der Waals surface area (Å²) >= 11 is 6.07. The Bertz CT molecular complexity index is 1060. The standard InChI is InChI=1S/C23H18ClN3O/c24-19-10-8-18(9-11-19)22-21-7-2-1-5-17(21)12-13-27(22)23(28)26-20-6-3-4-16(14-20)15-25/h1-11,14,22H,12-13H2,(H,26,28). The lowest BCUT2D eigenvalue weighted by Gasteiger charge is -2.37. The first-order chi connectivity index (χ1) is 13.7. The Hall–Kier alpha value is -3.29. The SMILES string of the molecule is N#Cc1cccc(NC(=O)N2CCc3ccccc3C2c2ccc(Cl)cc2)c1. The molecule has 1 aliphatic rings. The minimum Gasteiger partial charge on any atom is -0.313 e. The van der Waals surface area contributed by atoms with Crippen molar-refractivity contribution in [2.24, 2.45) is 0 Å². The van der Waals surface area contributed by atoms with E-state index in [4.69, 9.17) is 16.9 Å². The summed E-state index contributed by atoms with van der Waals surface area (Å²) < 4.78 is 0. The molecule has 1 aliphatic heterocycles. The normalized spacial score (nSPS) is 15.4. The van der Waals surface area contributed by atoms with Crippen molar-refractivity contribution >= 4 is 23.3 Å². The number of halogens is 1. The number of rotatable bonds is 2. The van der Waals surface area contributed by atoms with E-state index in [0.29, 0.717) is 22.8 Å². The van der Waals surface area contributed by atoms with Crippen LogP contribution in [0.25, 0.3) is 0 Å². The van der Waals surface area contributed by atoms with E-state index in [1.54, 1.807) is 24.3 Å². The van der Waals surface area contributed by atoms with Gasteiger partial charge >= 0.3 is 6.03 Å². The zero-order valence-corrected chi connectivity index (χ0v) is 15.9. The van der Waals surface area contributed by atoms with Crippen molar-refractivity contribution < 1.29 is 4.79 Å². The van der Waals surface area contributed by atoms with Crippen molar-refractivity contribution in [2.45, 2.75) is 12.5 Å². The smallest absolute Gasteiger partial charge is 0.313 e. The minimum absolute atomic E-state index is 0.190. The molecular weight excluding hydrogens is 370 g/mol. The summed E-state index contributed by atoms with van der Waals surface area (Å²) in [5, 5.41) is 12.7. The van der Waals surface area contributed by atoms with Crippen LogP contribution >= 0.6 is 11.6 Å². The number of amides is 2. The van der Waals surface area contributed by atoms with Crippen molar-refractivity contribution in [3.05, 3.63) is 100 Å². The van der Waals surface area contributed by atoms with Gasteiger partial charge in [0, 0.05) is 17.3 Å². The molecule has 3 aromatic rings. The van der Waals surface area contributed by atoms with E-state index in [1.165, 1.54) is 5.56 Å². The molecule has 3 aromatic carbocycles. The summed E-state index contributed by atoms with van der Waals surface area (Å²) in [6.07, 6.45) is 0.798. The third-order valence-electron chi connectivity index (χ3n) is 4.97. The Morgan fingerprint density at radius 1 is 1.07 bits per heavy atom. The molecule has 138 valence electrons. The van der Waals surface area contributed by atoms with Gasteiger partial charge in [-0.25, -0.2) is 4.79 Å². The molecule has 1 unspecified atom stereocenters. The van der Waals surface area contributed by atoms with Crippen molar-refractivity contribution in [3.8, 4) is 6.07 Å². The van der Waals surface area contributed by atoms with Gasteiger partial charge in [-0.2, -0.15) is 5.26 Å². The zero-order chi connectivity index (χ0) is 19.5. The predicted octanol–water partition coefficient (Wildman–Crippen LogP) is 5.39. The molecule has 28 heavy (non-hydrogen) atoms. The summed E-state index contributed by atoms with van der Waals surface area (Å²) in [6, 6.07) is 24.5. The molecule has 0 aliphatic carbocycles. The fraction of sp³-hybridized carbons (Fsp3) is 0.130. The van der Waals surface area contributed by atoms with E-state index >= 15 is 0 Å². The molecule has 0 saturated carbocycles. The number of hydrogen-bond donors (Lipinski definition) is 1. The third-order valence-corrected chi connectivity index (χ3v) is 5.22. The monoisotopic (exact) mass is 387 g/mol. The van der Waals surface area contributed by atoms with Gasteiger partial charge in [0.1, 0.15) is 0 Å². The summed E-state index contributed by atoms with van der Waals surface area (Å²) in [5.74, 6) is 0. The van der Waals surface area contributed by atoms with Gasteiger partial charge in [-0.05, 0) is 53.4 Å². The van der Waals surface area contributed by atoms with Gasteiger partial charge < -0.3 is 10.2 Å². The van der Waals surface area contributed by atoms with Crippen LogP contribution in [0.1, 0.15) is 28.3 Å². The van der Waals surface area contributed by atoms with Crippen molar-refractivity contribution in [1.29, 1.82) is 5.26 Å². The fourth-order valence-corrected chi connectivity index (χ4v) is 3.78. The molecular formula is C23H18ClN3O. The largest absolute Gasteiger partial charge is 0.322 e. The molecule has 0 saturated heterocycles. The van der Waals surface area contributed by atoms with E-state index in [0.717, 1.165) is 17.5 Å². The topological polar surface area (TPSA) is 56.1 Å². The molecule has 4 nitrogen and oxygen atoms in total. The fourth-order valence-electron chi connectivity index (χ4n) is 3.65. The molecule has 5 heteroatoms. The molecule has 0 spiro atoms. The van der Waals surface area contributed by atoms with Gasteiger partial charge in [-0.1, -0.05) is 54.1 Å². The molecule has 0 radical (unpaired) electrons. The van der Waals surface area contributed by atoms with Gasteiger partial charge in [-0.3, -0.25) is 0 Å². The van der Waals surface area contributed by atoms with Gasteiger partial charge in [0.05, 0.1) is 17.7 Å². The number of nitrogens with one attached hydrogen (secondary N) is 1. The second kappa shape index (κ2) is 7.75. The Kier molecular flexibility index (Phi) is 5.01. The van der Waals surface area contributed by atoms with Crippen LogP contribution in [-0.4, -0.2) is 17.5 Å². The van der Waals surface area contributed by atoms with Crippen LogP contribution in [0.3, 0.4) is 0 Å². The average Bonchev–Trinajstić information content (AvgIpc) is 2.73. The van der Waals surface area contributed by atoms with Gasteiger partial charge in [0.15, 0.2) is 0 Å². The first-order valence-corrected chi connectivity index (χ1v) is 9.44. The summed E-state index contributed by atoms with van der Waals surface area (Å²) in [4.78, 5) is 15.0. The maximum Gasteiger partial charge on any atom is 0.322 e. The number of nitriles is 1. The first-order valence-electron chi connectivity index (χ1n) is 9.07. The number of carbonyl (C=O) groups is 1. The second-order valence-corrected chi connectivity index (χ2v) is 7.16. The molecule has 0 aromatic heterocycles. The highest BCUT2D eigenvalue weighted by Gasteiger charge is 2.32. The van der Waals surface area contributed by atoms with Crippen molar-refractivity contribution in [2.75, 3.05) is 11.9 Å². The van der Waals surface area contributed by atoms with Crippen LogP contribution in [-0.2, 0) is 6.42 Å². The molecule has 2 amide bonds. The average molecular weight is 388 g/mol. The van der Waals surface area contributed by atoms with Gasteiger partial charge in [0.2, 0.25) is 0 Å². The van der Waals surface area contributed by atoms with Crippen LogP contribution in [0.5, 0.6) is 0 Å². The maximum atomic E-state index is 13.1. The number of nitrogens with zero attached hydrogens (tertiary/aromatic N) is 2. The van der Waals surface area contributed by atoms with E-state index in [2.05, 4.69) is 23.5 Å². The number of fused-ring (bicyclic) bond motifs is 1. The second-order valence-electron chi connectivity index (χ2n) is 6.72. The van der Waals surface area contributed by atoms with Crippen LogP contribution in [0.2, 0.25) is 5.02 Å². The number of carbonyl (C=O) groups excluding carboxylic acids is 1. The first kappa shape index (κ1) is 18.1. The lowest BCUT2D eigenvalue weighted by atomic mass is 9.88. The molecule has 1 atom stereocenters. The Morgan fingerprint density at radius 2 is 1.86 bits per heavy atom. The van der Waals surface area contributed by atoms with Crippen LogP contribution in [0, 0.1) is 11.3 Å². The lowest BCUT2D eigenvalue weighted by molar-refractivity contribution is 0.194. The van der Waals surface area contributed by atoms with Crippen LogP contribution in [0.4, 0.5) is 10.5 Å². The molecule has 0 bridgehead atoms. The number of hydrogen-bond acceptors (Lipinski definition) is 2. The Labute approximate surface area is 169 Å². The van der Waals surface area contributed by atoms with Gasteiger partial charge in [-0.15, -0.1) is 0 Å². The highest BCUT2D eigenvalue weighted by molar-refractivity contribution is 6.30. The van der Waals surface area contributed by atoms with Crippen molar-refractivity contribution in [3.63, 3.8) is 0 Å². The predicted molar refractivity (Wildman–Crippen MR) is 110 cm³/mol.